The zero-order valence-electron chi connectivity index (χ0n) is 11.4. The van der Waals surface area contributed by atoms with Gasteiger partial charge in [-0.2, -0.15) is 5.06 Å². The molecule has 1 N–H and O–H groups in total. The van der Waals surface area contributed by atoms with Crippen molar-refractivity contribution in [3.8, 4) is 0 Å². The molecule has 98 valence electrons. The zero-order chi connectivity index (χ0) is 12.8. The van der Waals surface area contributed by atoms with Gasteiger partial charge in [0.05, 0.1) is 5.54 Å². The van der Waals surface area contributed by atoms with E-state index in [1.807, 2.05) is 32.6 Å². The van der Waals surface area contributed by atoms with E-state index in [1.165, 1.54) is 5.06 Å². The van der Waals surface area contributed by atoms with Crippen LogP contribution in [0.25, 0.3) is 0 Å². The minimum absolute atomic E-state index is 0.117. The summed E-state index contributed by atoms with van der Waals surface area (Å²) in [5.41, 5.74) is -1.01. The second-order valence-corrected chi connectivity index (χ2v) is 6.39. The fraction of sp³-hybridized carbons (Fsp3) is 0.923. The van der Waals surface area contributed by atoms with Crippen molar-refractivity contribution in [3.63, 3.8) is 0 Å². The summed E-state index contributed by atoms with van der Waals surface area (Å²) in [6.45, 7) is 8.71. The number of rotatable bonds is 1. The van der Waals surface area contributed by atoms with Gasteiger partial charge in [-0.15, -0.1) is 0 Å². The van der Waals surface area contributed by atoms with Crippen LogP contribution in [0.5, 0.6) is 0 Å². The summed E-state index contributed by atoms with van der Waals surface area (Å²) in [4.78, 5) is 14.5. The van der Waals surface area contributed by atoms with Crippen LogP contribution in [-0.4, -0.2) is 44.7 Å². The van der Waals surface area contributed by atoms with Gasteiger partial charge in [0.15, 0.2) is 0 Å². The molecule has 1 aliphatic heterocycles. The van der Waals surface area contributed by atoms with Crippen LogP contribution in [-0.2, 0) is 4.79 Å². The van der Waals surface area contributed by atoms with Crippen molar-refractivity contribution < 1.29 is 10.0 Å². The van der Waals surface area contributed by atoms with Crippen molar-refractivity contribution >= 4 is 5.91 Å². The first-order chi connectivity index (χ1) is 7.81. The molecule has 0 aromatic rings. The molecule has 0 bridgehead atoms. The molecule has 1 saturated heterocycles. The minimum Gasteiger partial charge on any atom is -0.337 e. The molecule has 4 heteroatoms. The molecule has 1 aliphatic carbocycles. The summed E-state index contributed by atoms with van der Waals surface area (Å²) in [6, 6.07) is 0.202. The Hall–Kier alpha value is -0.610. The third kappa shape index (κ3) is 1.78. The summed E-state index contributed by atoms with van der Waals surface area (Å²) < 4.78 is 0. The van der Waals surface area contributed by atoms with E-state index >= 15 is 0 Å². The van der Waals surface area contributed by atoms with Crippen LogP contribution in [0, 0.1) is 0 Å². The van der Waals surface area contributed by atoms with E-state index in [4.69, 9.17) is 0 Å². The SMILES string of the molecule is CC(C)N1CC(C)(C)N(O)C2(CCCC2)C1=O. The molecular weight excluding hydrogens is 216 g/mol. The standard InChI is InChI=1S/C13H24N2O2/c1-10(2)14-9-12(3,4)15(17)13(11(14)16)7-5-6-8-13/h10,17H,5-9H2,1-4H3. The lowest BCUT2D eigenvalue weighted by Crippen LogP contribution is -2.72. The molecule has 0 radical (unpaired) electrons. The Morgan fingerprint density at radius 3 is 2.24 bits per heavy atom. The minimum atomic E-state index is -0.647. The lowest BCUT2D eigenvalue weighted by molar-refractivity contribution is -0.255. The van der Waals surface area contributed by atoms with Crippen LogP contribution >= 0.6 is 0 Å². The van der Waals surface area contributed by atoms with Gasteiger partial charge in [0, 0.05) is 12.6 Å². The predicted octanol–water partition coefficient (Wildman–Crippen LogP) is 2.02. The van der Waals surface area contributed by atoms with Crippen LogP contribution in [0.1, 0.15) is 53.4 Å². The number of hydrogen-bond donors (Lipinski definition) is 1. The van der Waals surface area contributed by atoms with Gasteiger partial charge in [-0.05, 0) is 40.5 Å². The first-order valence-corrected chi connectivity index (χ1v) is 6.61. The molecule has 4 nitrogen and oxygen atoms in total. The molecule has 0 unspecified atom stereocenters. The van der Waals surface area contributed by atoms with Crippen LogP contribution in [0.4, 0.5) is 0 Å². The third-order valence-electron chi connectivity index (χ3n) is 4.25. The Morgan fingerprint density at radius 2 is 1.76 bits per heavy atom. The van der Waals surface area contributed by atoms with E-state index in [0.29, 0.717) is 6.54 Å². The molecule has 2 rings (SSSR count). The number of hydrogen-bond acceptors (Lipinski definition) is 3. The number of hydroxylamine groups is 2. The number of nitrogens with zero attached hydrogens (tertiary/aromatic N) is 2. The molecule has 1 spiro atoms. The van der Waals surface area contributed by atoms with Gasteiger partial charge in [0.1, 0.15) is 5.54 Å². The van der Waals surface area contributed by atoms with Crippen molar-refractivity contribution in [1.82, 2.24) is 9.96 Å². The lowest BCUT2D eigenvalue weighted by atomic mass is 9.85. The molecule has 2 fully saturated rings. The number of carbonyl (C=O) groups excluding carboxylic acids is 1. The number of piperazine rings is 1. The average Bonchev–Trinajstić information content (AvgIpc) is 2.72. The summed E-state index contributed by atoms with van der Waals surface area (Å²) >= 11 is 0. The normalized spacial score (nSPS) is 28.4. The van der Waals surface area contributed by atoms with Crippen molar-refractivity contribution in [2.24, 2.45) is 0 Å². The molecule has 1 saturated carbocycles. The van der Waals surface area contributed by atoms with Crippen molar-refractivity contribution in [1.29, 1.82) is 0 Å². The van der Waals surface area contributed by atoms with Crippen LogP contribution in [0.15, 0.2) is 0 Å². The molecule has 0 aromatic heterocycles. The van der Waals surface area contributed by atoms with E-state index < -0.39 is 5.54 Å². The highest BCUT2D eigenvalue weighted by atomic mass is 16.5. The zero-order valence-corrected chi connectivity index (χ0v) is 11.4. The van der Waals surface area contributed by atoms with E-state index in [0.717, 1.165) is 25.7 Å². The molecule has 0 aromatic carbocycles. The van der Waals surface area contributed by atoms with Crippen molar-refractivity contribution in [3.05, 3.63) is 0 Å². The second kappa shape index (κ2) is 3.95. The van der Waals surface area contributed by atoms with Gasteiger partial charge in [0.2, 0.25) is 5.91 Å². The lowest BCUT2D eigenvalue weighted by Gasteiger charge is -2.54. The summed E-state index contributed by atoms with van der Waals surface area (Å²) in [6.07, 6.45) is 3.64. The van der Waals surface area contributed by atoms with E-state index in [1.54, 1.807) is 0 Å². The highest BCUT2D eigenvalue weighted by molar-refractivity contribution is 5.88. The molecule has 1 amide bonds. The third-order valence-corrected chi connectivity index (χ3v) is 4.25. The Morgan fingerprint density at radius 1 is 1.24 bits per heavy atom. The molecular formula is C13H24N2O2. The van der Waals surface area contributed by atoms with Gasteiger partial charge in [0.25, 0.3) is 0 Å². The van der Waals surface area contributed by atoms with Crippen LogP contribution in [0.3, 0.4) is 0 Å². The largest absolute Gasteiger partial charge is 0.337 e. The van der Waals surface area contributed by atoms with Gasteiger partial charge in [-0.3, -0.25) is 4.79 Å². The highest BCUT2D eigenvalue weighted by Crippen LogP contribution is 2.43. The fourth-order valence-corrected chi connectivity index (χ4v) is 3.30. The van der Waals surface area contributed by atoms with Crippen LogP contribution < -0.4 is 0 Å². The molecule has 1 heterocycles. The average molecular weight is 240 g/mol. The smallest absolute Gasteiger partial charge is 0.245 e. The highest BCUT2D eigenvalue weighted by Gasteiger charge is 2.57. The van der Waals surface area contributed by atoms with Crippen molar-refractivity contribution in [2.75, 3.05) is 6.54 Å². The van der Waals surface area contributed by atoms with E-state index in [9.17, 15) is 10.0 Å². The molecule has 0 atom stereocenters. The first kappa shape index (κ1) is 12.8. The Balaban J connectivity index is 2.38. The number of amides is 1. The van der Waals surface area contributed by atoms with E-state index in [2.05, 4.69) is 0 Å². The summed E-state index contributed by atoms with van der Waals surface area (Å²) in [5, 5.41) is 11.8. The molecule has 2 aliphatic rings. The monoisotopic (exact) mass is 240 g/mol. The van der Waals surface area contributed by atoms with Crippen molar-refractivity contribution in [2.45, 2.75) is 70.5 Å². The first-order valence-electron chi connectivity index (χ1n) is 6.61. The Bertz CT molecular complexity index is 319. The van der Waals surface area contributed by atoms with E-state index in [-0.39, 0.29) is 17.5 Å². The molecule has 17 heavy (non-hydrogen) atoms. The van der Waals surface area contributed by atoms with Gasteiger partial charge < -0.3 is 10.1 Å². The van der Waals surface area contributed by atoms with Crippen LogP contribution in [0.2, 0.25) is 0 Å². The summed E-state index contributed by atoms with van der Waals surface area (Å²) in [7, 11) is 0. The maximum absolute atomic E-state index is 12.6. The van der Waals surface area contributed by atoms with Gasteiger partial charge in [-0.1, -0.05) is 12.8 Å². The number of carbonyl (C=O) groups is 1. The fourth-order valence-electron chi connectivity index (χ4n) is 3.30. The maximum atomic E-state index is 12.6. The topological polar surface area (TPSA) is 43.8 Å². The maximum Gasteiger partial charge on any atom is 0.245 e. The second-order valence-electron chi connectivity index (χ2n) is 6.39. The Labute approximate surface area is 104 Å². The van der Waals surface area contributed by atoms with Gasteiger partial charge >= 0.3 is 0 Å². The quantitative estimate of drug-likeness (QED) is 0.762. The van der Waals surface area contributed by atoms with Gasteiger partial charge in [-0.25, -0.2) is 0 Å². The summed E-state index contributed by atoms with van der Waals surface area (Å²) in [5.74, 6) is 0.117. The Kier molecular flexibility index (Phi) is 2.99. The predicted molar refractivity (Wildman–Crippen MR) is 65.8 cm³/mol.